The van der Waals surface area contributed by atoms with Crippen molar-refractivity contribution in [1.82, 2.24) is 0 Å². The monoisotopic (exact) mass is 551 g/mol. The normalized spacial score (nSPS) is 11.2. The Morgan fingerprint density at radius 3 is 1.82 bits per heavy atom. The van der Waals surface area contributed by atoms with E-state index < -0.39 is 24.0 Å². The van der Waals surface area contributed by atoms with E-state index in [2.05, 4.69) is 11.9 Å². The number of hydrogen-bond acceptors (Lipinski definition) is 9. The lowest BCUT2D eigenvalue weighted by Gasteiger charge is -2.08. The molecule has 2 rings (SSSR count). The molecular weight excluding hydrogens is 518 g/mol. The Labute approximate surface area is 233 Å². The third-order valence-corrected chi connectivity index (χ3v) is 5.01. The molecule has 0 aliphatic carbocycles. The minimum absolute atomic E-state index is 0.249. The van der Waals surface area contributed by atoms with Crippen LogP contribution < -0.4 is 10.1 Å². The van der Waals surface area contributed by atoms with E-state index in [1.54, 1.807) is 57.2 Å². The molecular formula is C30H33NO9. The van der Waals surface area contributed by atoms with E-state index in [-0.39, 0.29) is 17.9 Å². The van der Waals surface area contributed by atoms with Gasteiger partial charge in [0.2, 0.25) is 0 Å². The number of ether oxygens (including phenoxy) is 5. The molecule has 0 aliphatic heterocycles. The number of benzene rings is 2. The number of amides is 1. The van der Waals surface area contributed by atoms with Gasteiger partial charge in [0.25, 0.3) is 0 Å². The summed E-state index contributed by atoms with van der Waals surface area (Å²) in [6, 6.07) is 12.6. The number of hydrogen-bond donors (Lipinski definition) is 1. The first-order valence-corrected chi connectivity index (χ1v) is 12.6. The van der Waals surface area contributed by atoms with Gasteiger partial charge in [-0.3, -0.25) is 5.32 Å². The Balaban J connectivity index is 1.79. The van der Waals surface area contributed by atoms with Gasteiger partial charge in [-0.1, -0.05) is 6.58 Å². The Morgan fingerprint density at radius 1 is 0.775 bits per heavy atom. The van der Waals surface area contributed by atoms with E-state index in [1.165, 1.54) is 24.3 Å². The van der Waals surface area contributed by atoms with Gasteiger partial charge < -0.3 is 23.7 Å². The molecule has 0 fully saturated rings. The van der Waals surface area contributed by atoms with Gasteiger partial charge in [-0.05, 0) is 94.3 Å². The molecule has 0 aromatic heterocycles. The lowest BCUT2D eigenvalue weighted by atomic mass is 10.2. The standard InChI is InChI=1S/C30H33NO9/c1-5-27(32)38-20-8-7-19-37-26-17-13-24(14-18-26)29(34)40-22(4)10-9-21(3)39-28(33)23-11-15-25(16-12-23)31-30(35)36-6-2/h5,9-18H,1,6-8,19-20H2,2-4H3,(H,31,35)/b21-9+,22-10+. The van der Waals surface area contributed by atoms with Gasteiger partial charge in [0, 0.05) is 11.8 Å². The Kier molecular flexibility index (Phi) is 13.2. The summed E-state index contributed by atoms with van der Waals surface area (Å²) in [7, 11) is 0. The van der Waals surface area contributed by atoms with Gasteiger partial charge in [-0.15, -0.1) is 0 Å². The zero-order valence-electron chi connectivity index (χ0n) is 22.8. The predicted molar refractivity (Wildman–Crippen MR) is 148 cm³/mol. The second-order valence-electron chi connectivity index (χ2n) is 8.21. The molecule has 0 saturated carbocycles. The van der Waals surface area contributed by atoms with Gasteiger partial charge in [0.1, 0.15) is 17.3 Å². The number of carbonyl (C=O) groups is 4. The molecule has 2 aromatic carbocycles. The first-order chi connectivity index (χ1) is 19.2. The summed E-state index contributed by atoms with van der Waals surface area (Å²) in [6.45, 7) is 9.21. The van der Waals surface area contributed by atoms with Crippen LogP contribution in [0.1, 0.15) is 54.3 Å². The third kappa shape index (κ3) is 11.7. The van der Waals surface area contributed by atoms with Gasteiger partial charge in [-0.2, -0.15) is 0 Å². The molecule has 2 aromatic rings. The SMILES string of the molecule is C=CC(=O)OCCCCOc1ccc(C(=O)O/C(C)=C/C=C(\C)OC(=O)c2ccc(NC(=O)OCC)cc2)cc1. The summed E-state index contributed by atoms with van der Waals surface area (Å²) < 4.78 is 26.0. The van der Waals surface area contributed by atoms with Crippen LogP contribution in [-0.4, -0.2) is 43.8 Å². The van der Waals surface area contributed by atoms with Crippen LogP contribution in [-0.2, 0) is 23.7 Å². The maximum absolute atomic E-state index is 12.4. The van der Waals surface area contributed by atoms with Crippen LogP contribution in [0.4, 0.5) is 10.5 Å². The van der Waals surface area contributed by atoms with Gasteiger partial charge >= 0.3 is 24.0 Å². The van der Waals surface area contributed by atoms with Crippen LogP contribution in [0.3, 0.4) is 0 Å². The Bertz CT molecular complexity index is 1230. The number of unbranched alkanes of at least 4 members (excludes halogenated alkanes) is 1. The van der Waals surface area contributed by atoms with Crippen molar-refractivity contribution in [2.45, 2.75) is 33.6 Å². The minimum atomic E-state index is -0.585. The predicted octanol–water partition coefficient (Wildman–Crippen LogP) is 5.96. The molecule has 1 amide bonds. The van der Waals surface area contributed by atoms with E-state index >= 15 is 0 Å². The number of carbonyl (C=O) groups excluding carboxylic acids is 4. The first kappa shape index (κ1) is 31.4. The molecule has 1 N–H and O–H groups in total. The zero-order chi connectivity index (χ0) is 29.3. The van der Waals surface area contributed by atoms with Crippen molar-refractivity contribution in [1.29, 1.82) is 0 Å². The van der Waals surface area contributed by atoms with Crippen LogP contribution in [0.2, 0.25) is 0 Å². The highest BCUT2D eigenvalue weighted by Gasteiger charge is 2.10. The third-order valence-electron chi connectivity index (χ3n) is 5.01. The van der Waals surface area contributed by atoms with Gasteiger partial charge in [-0.25, -0.2) is 19.2 Å². The van der Waals surface area contributed by atoms with E-state index in [0.717, 1.165) is 6.08 Å². The van der Waals surface area contributed by atoms with E-state index in [4.69, 9.17) is 23.7 Å². The summed E-state index contributed by atoms with van der Waals surface area (Å²) in [5.41, 5.74) is 1.10. The van der Waals surface area contributed by atoms with Crippen molar-refractivity contribution < 1.29 is 42.9 Å². The second-order valence-corrected chi connectivity index (χ2v) is 8.21. The molecule has 40 heavy (non-hydrogen) atoms. The molecule has 0 heterocycles. The van der Waals surface area contributed by atoms with Crippen LogP contribution in [0.5, 0.6) is 5.75 Å². The molecule has 0 spiro atoms. The molecule has 0 unspecified atom stereocenters. The van der Waals surface area contributed by atoms with Crippen LogP contribution in [0.15, 0.2) is 84.9 Å². The van der Waals surface area contributed by atoms with Crippen molar-refractivity contribution in [2.75, 3.05) is 25.1 Å². The van der Waals surface area contributed by atoms with E-state index in [1.807, 2.05) is 0 Å². The van der Waals surface area contributed by atoms with E-state index in [0.29, 0.717) is 48.8 Å². The highest BCUT2D eigenvalue weighted by atomic mass is 16.6. The molecule has 10 nitrogen and oxygen atoms in total. The first-order valence-electron chi connectivity index (χ1n) is 12.6. The lowest BCUT2D eigenvalue weighted by molar-refractivity contribution is -0.137. The van der Waals surface area contributed by atoms with Crippen molar-refractivity contribution >= 4 is 29.7 Å². The minimum Gasteiger partial charge on any atom is -0.494 e. The molecule has 10 heteroatoms. The Hall–Kier alpha value is -4.86. The largest absolute Gasteiger partial charge is 0.494 e. The molecule has 0 atom stereocenters. The fourth-order valence-electron chi connectivity index (χ4n) is 3.00. The average molecular weight is 552 g/mol. The smallest absolute Gasteiger partial charge is 0.411 e. The summed E-state index contributed by atoms with van der Waals surface area (Å²) >= 11 is 0. The van der Waals surface area contributed by atoms with Crippen molar-refractivity contribution in [2.24, 2.45) is 0 Å². The van der Waals surface area contributed by atoms with Crippen molar-refractivity contribution in [3.63, 3.8) is 0 Å². The van der Waals surface area contributed by atoms with Crippen LogP contribution in [0, 0.1) is 0 Å². The molecule has 0 bridgehead atoms. The number of nitrogens with one attached hydrogen (secondary N) is 1. The van der Waals surface area contributed by atoms with E-state index in [9.17, 15) is 19.2 Å². The highest BCUT2D eigenvalue weighted by molar-refractivity contribution is 5.92. The topological polar surface area (TPSA) is 126 Å². The average Bonchev–Trinajstić information content (AvgIpc) is 2.94. The maximum Gasteiger partial charge on any atom is 0.411 e. The fourth-order valence-corrected chi connectivity index (χ4v) is 3.00. The summed E-state index contributed by atoms with van der Waals surface area (Å²) in [4.78, 5) is 47.2. The van der Waals surface area contributed by atoms with Gasteiger partial charge in [0.05, 0.1) is 30.9 Å². The van der Waals surface area contributed by atoms with Crippen molar-refractivity contribution in [3.8, 4) is 5.75 Å². The Morgan fingerprint density at radius 2 is 1.30 bits per heavy atom. The highest BCUT2D eigenvalue weighted by Crippen LogP contribution is 2.16. The van der Waals surface area contributed by atoms with Crippen molar-refractivity contribution in [3.05, 3.63) is 96.0 Å². The number of allylic oxidation sites excluding steroid dienone is 4. The van der Waals surface area contributed by atoms with Crippen LogP contribution >= 0.6 is 0 Å². The zero-order valence-corrected chi connectivity index (χ0v) is 22.8. The quantitative estimate of drug-likeness (QED) is 0.0755. The maximum atomic E-state index is 12.4. The van der Waals surface area contributed by atoms with Gasteiger partial charge in [0.15, 0.2) is 0 Å². The van der Waals surface area contributed by atoms with Crippen LogP contribution in [0.25, 0.3) is 0 Å². The summed E-state index contributed by atoms with van der Waals surface area (Å²) in [5.74, 6) is -0.408. The molecule has 212 valence electrons. The molecule has 0 saturated heterocycles. The summed E-state index contributed by atoms with van der Waals surface area (Å²) in [6.07, 6.45) is 4.91. The fraction of sp³-hybridized carbons (Fsp3) is 0.267. The summed E-state index contributed by atoms with van der Waals surface area (Å²) in [5, 5.41) is 2.54. The molecule has 0 aliphatic rings. The number of rotatable bonds is 14. The number of esters is 3. The lowest BCUT2D eigenvalue weighted by Crippen LogP contribution is -2.13. The second kappa shape index (κ2) is 16.9. The molecule has 0 radical (unpaired) electrons. The number of anilines is 1.